The Hall–Kier alpha value is -1.47. The molecule has 0 radical (unpaired) electrons. The summed E-state index contributed by atoms with van der Waals surface area (Å²) in [5.74, 6) is -0.285. The molecule has 17 unspecified atom stereocenters. The maximum atomic E-state index is 13.1. The smallest absolute Gasteiger partial charge is 0.220 e. The summed E-state index contributed by atoms with van der Waals surface area (Å²) in [6.45, 7) is 1.63. The molecule has 0 aliphatic carbocycles. The molecule has 3 aliphatic heterocycles. The van der Waals surface area contributed by atoms with Crippen LogP contribution in [0.1, 0.15) is 174 Å². The van der Waals surface area contributed by atoms with Crippen LogP contribution in [-0.2, 0) is 33.2 Å². The zero-order chi connectivity index (χ0) is 51.3. The molecule has 0 aromatic rings. The zero-order valence-corrected chi connectivity index (χ0v) is 42.3. The molecule has 0 bridgehead atoms. The number of aliphatic hydroxyl groups excluding tert-OH is 11. The summed E-state index contributed by atoms with van der Waals surface area (Å²) in [5, 5.41) is 119. The first kappa shape index (κ1) is 62.8. The second-order valence-corrected chi connectivity index (χ2v) is 19.7. The van der Waals surface area contributed by atoms with Crippen molar-refractivity contribution in [2.75, 3.05) is 26.4 Å². The number of carbonyl (C=O) groups excluding carboxylic acids is 1. The first-order valence-electron chi connectivity index (χ1n) is 26.9. The maximum Gasteiger partial charge on any atom is 0.220 e. The summed E-state index contributed by atoms with van der Waals surface area (Å²) in [5.41, 5.74) is 0. The minimum atomic E-state index is -1.97. The third-order valence-electron chi connectivity index (χ3n) is 13.8. The van der Waals surface area contributed by atoms with E-state index in [-0.39, 0.29) is 18.9 Å². The molecule has 1 amide bonds. The van der Waals surface area contributed by atoms with Crippen molar-refractivity contribution in [3.63, 3.8) is 0 Å². The van der Waals surface area contributed by atoms with Gasteiger partial charge in [-0.3, -0.25) is 4.79 Å². The van der Waals surface area contributed by atoms with Gasteiger partial charge in [0, 0.05) is 6.42 Å². The van der Waals surface area contributed by atoms with Gasteiger partial charge in [-0.05, 0) is 19.3 Å². The van der Waals surface area contributed by atoms with Gasteiger partial charge in [0.15, 0.2) is 18.9 Å². The van der Waals surface area contributed by atoms with E-state index in [1.807, 2.05) is 6.08 Å². The Morgan fingerprint density at radius 1 is 0.500 bits per heavy atom. The second kappa shape index (κ2) is 36.5. The van der Waals surface area contributed by atoms with Gasteiger partial charge in [0.05, 0.1) is 38.6 Å². The summed E-state index contributed by atoms with van der Waals surface area (Å²) in [6, 6.07) is -0.963. The summed E-state index contributed by atoms with van der Waals surface area (Å²) < 4.78 is 34.1. The molecule has 0 saturated carbocycles. The van der Waals surface area contributed by atoms with Crippen molar-refractivity contribution in [3.05, 3.63) is 12.2 Å². The van der Waals surface area contributed by atoms with Crippen molar-refractivity contribution in [1.82, 2.24) is 5.32 Å². The average molecular weight is 1010 g/mol. The van der Waals surface area contributed by atoms with Crippen molar-refractivity contribution in [2.45, 2.75) is 279 Å². The van der Waals surface area contributed by atoms with Crippen LogP contribution in [0.25, 0.3) is 0 Å². The van der Waals surface area contributed by atoms with Gasteiger partial charge < -0.3 is 89.9 Å². The van der Waals surface area contributed by atoms with Crippen molar-refractivity contribution in [3.8, 4) is 0 Å². The first-order valence-corrected chi connectivity index (χ1v) is 26.9. The number of ether oxygens (including phenoxy) is 6. The highest BCUT2D eigenvalue weighted by Crippen LogP contribution is 2.33. The van der Waals surface area contributed by atoms with Crippen LogP contribution in [-0.4, -0.2) is 193 Å². The lowest BCUT2D eigenvalue weighted by atomic mass is 9.96. The molecule has 3 fully saturated rings. The summed E-state index contributed by atoms with van der Waals surface area (Å²) in [7, 11) is 0. The van der Waals surface area contributed by atoms with Gasteiger partial charge in [0.2, 0.25) is 5.91 Å². The summed E-state index contributed by atoms with van der Waals surface area (Å²) in [6.07, 6.45) is 5.43. The molecule has 19 nitrogen and oxygen atoms in total. The van der Waals surface area contributed by atoms with Gasteiger partial charge in [0.25, 0.3) is 0 Å². The average Bonchev–Trinajstić information content (AvgIpc) is 3.35. The van der Waals surface area contributed by atoms with E-state index in [1.165, 1.54) is 89.9 Å². The summed E-state index contributed by atoms with van der Waals surface area (Å²) in [4.78, 5) is 13.1. The van der Waals surface area contributed by atoms with Gasteiger partial charge in [-0.1, -0.05) is 161 Å². The molecule has 3 heterocycles. The number of amides is 1. The van der Waals surface area contributed by atoms with Crippen LogP contribution in [0.3, 0.4) is 0 Å². The number of hydrogen-bond donors (Lipinski definition) is 12. The fourth-order valence-electron chi connectivity index (χ4n) is 9.31. The molecule has 3 aliphatic rings. The van der Waals surface area contributed by atoms with Crippen LogP contribution in [0.5, 0.6) is 0 Å². The van der Waals surface area contributed by atoms with Crippen LogP contribution in [0.15, 0.2) is 12.2 Å². The molecular weight excluding hydrogens is 915 g/mol. The fraction of sp³-hybridized carbons (Fsp3) is 0.941. The second-order valence-electron chi connectivity index (χ2n) is 19.7. The van der Waals surface area contributed by atoms with Crippen LogP contribution in [0.2, 0.25) is 0 Å². The lowest BCUT2D eigenvalue weighted by Gasteiger charge is -2.48. The van der Waals surface area contributed by atoms with Gasteiger partial charge in [-0.15, -0.1) is 0 Å². The van der Waals surface area contributed by atoms with E-state index in [2.05, 4.69) is 19.2 Å². The number of nitrogens with one attached hydrogen (secondary N) is 1. The number of rotatable bonds is 38. The van der Waals surface area contributed by atoms with Crippen molar-refractivity contribution < 1.29 is 89.4 Å². The minimum absolute atomic E-state index is 0.243. The van der Waals surface area contributed by atoms with Crippen molar-refractivity contribution in [2.24, 2.45) is 0 Å². The fourth-order valence-corrected chi connectivity index (χ4v) is 9.31. The molecule has 0 aromatic heterocycles. The van der Waals surface area contributed by atoms with E-state index in [9.17, 15) is 61.0 Å². The molecule has 19 heteroatoms. The number of hydrogen-bond acceptors (Lipinski definition) is 18. The molecule has 412 valence electrons. The monoisotopic (exact) mass is 1010 g/mol. The van der Waals surface area contributed by atoms with Gasteiger partial charge in [-0.2, -0.15) is 0 Å². The Labute approximate surface area is 416 Å². The maximum absolute atomic E-state index is 13.1. The molecule has 70 heavy (non-hydrogen) atoms. The molecule has 0 aromatic carbocycles. The highest BCUT2D eigenvalue weighted by atomic mass is 16.8. The normalized spacial score (nSPS) is 32.6. The Bertz CT molecular complexity index is 1350. The predicted molar refractivity (Wildman–Crippen MR) is 259 cm³/mol. The number of aliphatic hydroxyl groups is 11. The molecule has 3 rings (SSSR count). The minimum Gasteiger partial charge on any atom is -0.394 e. The largest absolute Gasteiger partial charge is 0.394 e. The summed E-state index contributed by atoms with van der Waals surface area (Å²) >= 11 is 0. The van der Waals surface area contributed by atoms with Crippen molar-refractivity contribution >= 4 is 5.91 Å². The Morgan fingerprint density at radius 3 is 1.34 bits per heavy atom. The number of allylic oxidation sites excluding steroid dienone is 1. The topological polar surface area (TPSA) is 307 Å². The van der Waals surface area contributed by atoms with Crippen LogP contribution >= 0.6 is 0 Å². The highest BCUT2D eigenvalue weighted by molar-refractivity contribution is 5.76. The Balaban J connectivity index is 1.50. The van der Waals surface area contributed by atoms with E-state index in [4.69, 9.17) is 28.4 Å². The molecule has 12 N–H and O–H groups in total. The van der Waals surface area contributed by atoms with E-state index in [1.54, 1.807) is 6.08 Å². The van der Waals surface area contributed by atoms with Crippen LogP contribution < -0.4 is 5.32 Å². The Morgan fingerprint density at radius 2 is 0.886 bits per heavy atom. The highest BCUT2D eigenvalue weighted by Gasteiger charge is 2.53. The lowest BCUT2D eigenvalue weighted by Crippen LogP contribution is -2.66. The zero-order valence-electron chi connectivity index (χ0n) is 42.3. The third-order valence-corrected chi connectivity index (χ3v) is 13.8. The standard InChI is InChI=1S/C51H95NO18/c1-3-5-7-9-11-12-13-14-15-16-17-18-19-20-21-22-23-24-26-28-35(56)34(52-39(57)29-27-25-10-8-6-4-2)33-65-49-45(63)42(60)47(37(31-54)67-49)70-51-46(64)43(61)48(38(32-55)68-51)69-50-44(62)41(59)40(58)36(30-53)66-50/h26,28,34-38,40-51,53-56,58-64H,3-25,27,29-33H2,1-2H3,(H,52,57)/b28-26+. The predicted octanol–water partition coefficient (Wildman–Crippen LogP) is 2.65. The van der Waals surface area contributed by atoms with Gasteiger partial charge in [-0.25, -0.2) is 0 Å². The van der Waals surface area contributed by atoms with E-state index in [0.717, 1.165) is 57.8 Å². The van der Waals surface area contributed by atoms with E-state index < -0.39 is 124 Å². The van der Waals surface area contributed by atoms with E-state index >= 15 is 0 Å². The first-order chi connectivity index (χ1) is 33.8. The quantitative estimate of drug-likeness (QED) is 0.0313. The van der Waals surface area contributed by atoms with Crippen LogP contribution in [0, 0.1) is 0 Å². The van der Waals surface area contributed by atoms with Gasteiger partial charge in [0.1, 0.15) is 73.2 Å². The number of carbonyl (C=O) groups is 1. The van der Waals surface area contributed by atoms with Crippen molar-refractivity contribution in [1.29, 1.82) is 0 Å². The molecule has 17 atom stereocenters. The Kier molecular flexibility index (Phi) is 32.7. The van der Waals surface area contributed by atoms with Gasteiger partial charge >= 0.3 is 0 Å². The van der Waals surface area contributed by atoms with Crippen LogP contribution in [0.4, 0.5) is 0 Å². The molecule has 0 spiro atoms. The SMILES string of the molecule is CCCCCCCCCCCCCCCCCCC/C=C/C(O)C(COC1OC(CO)C(OC2OC(CO)C(OC3OC(CO)C(O)C(O)C3O)C(O)C2O)C(O)C1O)NC(=O)CCCCCCCC. The number of unbranched alkanes of at least 4 members (excludes halogenated alkanes) is 22. The lowest BCUT2D eigenvalue weighted by molar-refractivity contribution is -0.379. The van der Waals surface area contributed by atoms with E-state index in [0.29, 0.717) is 6.42 Å². The molecule has 3 saturated heterocycles. The third kappa shape index (κ3) is 21.8. The molecular formula is C51H95NO18.